The minimum atomic E-state index is -1.44. The molecule has 166 valence electrons. The highest BCUT2D eigenvalue weighted by atomic mass is 16.5. The zero-order valence-electron chi connectivity index (χ0n) is 18.2. The number of imide groups is 1. The second kappa shape index (κ2) is 7.64. The summed E-state index contributed by atoms with van der Waals surface area (Å²) in [6.45, 7) is 4.00. The number of likely N-dealkylation sites (tertiary alicyclic amines) is 1. The molecule has 4 atom stereocenters. The quantitative estimate of drug-likeness (QED) is 0.609. The second-order valence-electron chi connectivity index (χ2n) is 8.27. The van der Waals surface area contributed by atoms with Gasteiger partial charge in [0.15, 0.2) is 0 Å². The first-order valence-corrected chi connectivity index (χ1v) is 10.4. The van der Waals surface area contributed by atoms with E-state index in [2.05, 4.69) is 0 Å². The van der Waals surface area contributed by atoms with Crippen LogP contribution in [-0.4, -0.2) is 84.3 Å². The summed E-state index contributed by atoms with van der Waals surface area (Å²) >= 11 is 0. The van der Waals surface area contributed by atoms with Crippen molar-refractivity contribution in [3.05, 3.63) is 29.8 Å². The number of carbonyl (C=O) groups is 4. The Morgan fingerprint density at radius 3 is 2.32 bits per heavy atom. The van der Waals surface area contributed by atoms with Crippen molar-refractivity contribution >= 4 is 23.6 Å². The number of hydrogen-bond donors (Lipinski definition) is 0. The highest BCUT2D eigenvalue weighted by Crippen LogP contribution is 2.56. The summed E-state index contributed by atoms with van der Waals surface area (Å²) in [6.07, 6.45) is 0. The Labute approximate surface area is 180 Å². The lowest BCUT2D eigenvalue weighted by Crippen LogP contribution is -2.68. The first-order valence-electron chi connectivity index (χ1n) is 10.4. The van der Waals surface area contributed by atoms with Crippen molar-refractivity contribution in [2.45, 2.75) is 25.4 Å². The minimum Gasteiger partial charge on any atom is -0.497 e. The number of fused-ring (bicyclic) bond motifs is 3. The van der Waals surface area contributed by atoms with E-state index in [-0.39, 0.29) is 44.0 Å². The van der Waals surface area contributed by atoms with Gasteiger partial charge in [-0.2, -0.15) is 0 Å². The first-order chi connectivity index (χ1) is 14.8. The fourth-order valence-electron chi connectivity index (χ4n) is 5.39. The van der Waals surface area contributed by atoms with Crippen LogP contribution >= 0.6 is 0 Å². The molecule has 0 spiro atoms. The van der Waals surface area contributed by atoms with Crippen molar-refractivity contribution in [3.63, 3.8) is 0 Å². The zero-order chi connectivity index (χ0) is 22.5. The van der Waals surface area contributed by atoms with Gasteiger partial charge >= 0.3 is 0 Å². The van der Waals surface area contributed by atoms with Crippen molar-refractivity contribution in [1.29, 1.82) is 0 Å². The summed E-state index contributed by atoms with van der Waals surface area (Å²) < 4.78 is 10.3. The molecule has 0 saturated carbocycles. The third-order valence-electron chi connectivity index (χ3n) is 6.82. The van der Waals surface area contributed by atoms with Crippen LogP contribution in [0.5, 0.6) is 5.75 Å². The lowest BCUT2D eigenvalue weighted by molar-refractivity contribution is -0.168. The Bertz CT molecular complexity index is 932. The average molecular weight is 429 g/mol. The molecule has 3 fully saturated rings. The molecule has 1 aromatic carbocycles. The molecule has 0 aromatic heterocycles. The molecule has 3 aliphatic heterocycles. The number of benzene rings is 1. The van der Waals surface area contributed by atoms with Crippen molar-refractivity contribution in [3.8, 4) is 5.75 Å². The molecule has 4 rings (SSSR count). The topological polar surface area (TPSA) is 96.5 Å². The molecule has 0 bridgehead atoms. The van der Waals surface area contributed by atoms with Crippen LogP contribution in [0.4, 0.5) is 0 Å². The molecule has 31 heavy (non-hydrogen) atoms. The standard InChI is InChI=1S/C22H27N3O6/c1-5-24-19(27)16-17(20(24)28)22(2)21(29)23(10-11-30-3)12-15(26)25(22)18(16)13-6-8-14(31-4)9-7-13/h6-9,16-18H,5,10-12H2,1-4H3/t16?,17?,18?,22-/m1/s1. The number of piperazine rings is 1. The number of amides is 4. The molecule has 9 heteroatoms. The van der Waals surface area contributed by atoms with E-state index >= 15 is 0 Å². The van der Waals surface area contributed by atoms with Gasteiger partial charge in [-0.05, 0) is 31.5 Å². The highest BCUT2D eigenvalue weighted by Gasteiger charge is 2.72. The Hall–Kier alpha value is -2.94. The molecular weight excluding hydrogens is 402 g/mol. The molecule has 3 aliphatic rings. The van der Waals surface area contributed by atoms with Crippen molar-refractivity contribution in [1.82, 2.24) is 14.7 Å². The summed E-state index contributed by atoms with van der Waals surface area (Å²) in [4.78, 5) is 57.7. The maximum Gasteiger partial charge on any atom is 0.249 e. The number of hydrogen-bond acceptors (Lipinski definition) is 6. The summed E-state index contributed by atoms with van der Waals surface area (Å²) in [5, 5.41) is 0. The van der Waals surface area contributed by atoms with Crippen molar-refractivity contribution in [2.75, 3.05) is 40.5 Å². The molecule has 0 radical (unpaired) electrons. The lowest BCUT2D eigenvalue weighted by atomic mass is 9.79. The van der Waals surface area contributed by atoms with Gasteiger partial charge in [0.2, 0.25) is 23.6 Å². The van der Waals surface area contributed by atoms with E-state index < -0.39 is 29.3 Å². The summed E-state index contributed by atoms with van der Waals surface area (Å²) in [6, 6.07) is 6.37. The SMILES string of the molecule is CCN1C(=O)C2C(c3ccc(OC)cc3)N3C(=O)CN(CCOC)C(=O)[C@@]3(C)C2C1=O. The number of rotatable bonds is 6. The van der Waals surface area contributed by atoms with Gasteiger partial charge in [0, 0.05) is 20.2 Å². The van der Waals surface area contributed by atoms with Gasteiger partial charge < -0.3 is 19.3 Å². The maximum atomic E-state index is 13.6. The fourth-order valence-corrected chi connectivity index (χ4v) is 5.39. The largest absolute Gasteiger partial charge is 0.497 e. The predicted octanol–water partition coefficient (Wildman–Crippen LogP) is 0.447. The van der Waals surface area contributed by atoms with E-state index in [9.17, 15) is 19.2 Å². The van der Waals surface area contributed by atoms with Gasteiger partial charge in [0.05, 0.1) is 38.1 Å². The lowest BCUT2D eigenvalue weighted by Gasteiger charge is -2.47. The Balaban J connectivity index is 1.85. The van der Waals surface area contributed by atoms with Gasteiger partial charge in [-0.25, -0.2) is 0 Å². The Kier molecular flexibility index (Phi) is 5.25. The molecule has 3 unspecified atom stereocenters. The summed E-state index contributed by atoms with van der Waals surface area (Å²) in [5.41, 5.74) is -0.736. The molecule has 3 heterocycles. The molecule has 0 aliphatic carbocycles. The van der Waals surface area contributed by atoms with Crippen LogP contribution in [-0.2, 0) is 23.9 Å². The summed E-state index contributed by atoms with van der Waals surface area (Å²) in [5.74, 6) is -2.42. The maximum absolute atomic E-state index is 13.6. The zero-order valence-corrected chi connectivity index (χ0v) is 18.2. The third kappa shape index (κ3) is 2.86. The molecule has 3 saturated heterocycles. The number of ether oxygens (including phenoxy) is 2. The van der Waals surface area contributed by atoms with Crippen LogP contribution in [0.2, 0.25) is 0 Å². The van der Waals surface area contributed by atoms with Gasteiger partial charge in [0.1, 0.15) is 11.3 Å². The Morgan fingerprint density at radius 1 is 1.06 bits per heavy atom. The smallest absolute Gasteiger partial charge is 0.249 e. The van der Waals surface area contributed by atoms with E-state index in [4.69, 9.17) is 9.47 Å². The van der Waals surface area contributed by atoms with Crippen LogP contribution in [0.3, 0.4) is 0 Å². The monoisotopic (exact) mass is 429 g/mol. The van der Waals surface area contributed by atoms with E-state index in [1.54, 1.807) is 45.2 Å². The second-order valence-corrected chi connectivity index (χ2v) is 8.27. The fraction of sp³-hybridized carbons (Fsp3) is 0.545. The van der Waals surface area contributed by atoms with Crippen LogP contribution in [0, 0.1) is 11.8 Å². The van der Waals surface area contributed by atoms with Crippen LogP contribution in [0.1, 0.15) is 25.5 Å². The van der Waals surface area contributed by atoms with Crippen LogP contribution < -0.4 is 4.74 Å². The summed E-state index contributed by atoms with van der Waals surface area (Å²) in [7, 11) is 3.07. The molecule has 1 aromatic rings. The van der Waals surface area contributed by atoms with Gasteiger partial charge in [-0.1, -0.05) is 12.1 Å². The molecule has 9 nitrogen and oxygen atoms in total. The van der Waals surface area contributed by atoms with Crippen LogP contribution in [0.25, 0.3) is 0 Å². The normalized spacial score (nSPS) is 30.2. The molecule has 0 N–H and O–H groups in total. The third-order valence-corrected chi connectivity index (χ3v) is 6.82. The van der Waals surface area contributed by atoms with Gasteiger partial charge in [-0.15, -0.1) is 0 Å². The van der Waals surface area contributed by atoms with E-state index in [0.717, 1.165) is 0 Å². The minimum absolute atomic E-state index is 0.107. The average Bonchev–Trinajstić information content (AvgIpc) is 3.20. The van der Waals surface area contributed by atoms with E-state index in [1.165, 1.54) is 21.8 Å². The van der Waals surface area contributed by atoms with Gasteiger partial charge in [0.25, 0.3) is 0 Å². The van der Waals surface area contributed by atoms with Crippen LogP contribution in [0.15, 0.2) is 24.3 Å². The van der Waals surface area contributed by atoms with Gasteiger partial charge in [-0.3, -0.25) is 24.1 Å². The molecular formula is C22H27N3O6. The van der Waals surface area contributed by atoms with E-state index in [0.29, 0.717) is 11.3 Å². The first kappa shape index (κ1) is 21.3. The number of methoxy groups -OCH3 is 2. The van der Waals surface area contributed by atoms with E-state index in [1.807, 2.05) is 0 Å². The predicted molar refractivity (Wildman–Crippen MR) is 109 cm³/mol. The number of nitrogens with zero attached hydrogens (tertiary/aromatic N) is 3. The van der Waals surface area contributed by atoms with Crippen molar-refractivity contribution in [2.24, 2.45) is 11.8 Å². The Morgan fingerprint density at radius 2 is 1.74 bits per heavy atom. The highest BCUT2D eigenvalue weighted by molar-refractivity contribution is 6.12. The molecule has 4 amide bonds. The van der Waals surface area contributed by atoms with Crippen molar-refractivity contribution < 1.29 is 28.7 Å². The number of carbonyl (C=O) groups excluding carboxylic acids is 4.